The largest absolute Gasteiger partial charge is 0.399 e. The van der Waals surface area contributed by atoms with E-state index < -0.39 is 10.7 Å². The van der Waals surface area contributed by atoms with Gasteiger partial charge in [0.2, 0.25) is 0 Å². The second kappa shape index (κ2) is 2.22. The molecule has 0 aliphatic heterocycles. The van der Waals surface area contributed by atoms with Crippen molar-refractivity contribution in [3.8, 4) is 0 Å². The third kappa shape index (κ3) is 1.39. The number of rotatable bonds is 0. The number of allylic oxidation sites excluding steroid dienone is 1. The van der Waals surface area contributed by atoms with E-state index in [4.69, 9.17) is 34.5 Å². The molecule has 1 aliphatic rings. The Hall–Kier alpha value is -0.550. The molecule has 11 heavy (non-hydrogen) atoms. The molecule has 0 amide bonds. The molecule has 0 aromatic carbocycles. The van der Waals surface area contributed by atoms with Crippen LogP contribution in [0.3, 0.4) is 0 Å². The summed E-state index contributed by atoms with van der Waals surface area (Å²) in [5.41, 5.74) is 21.3. The zero-order valence-electron chi connectivity index (χ0n) is 5.92. The fourth-order valence-corrected chi connectivity index (χ4v) is 0.966. The molecule has 62 valence electrons. The topological polar surface area (TPSA) is 104 Å². The van der Waals surface area contributed by atoms with E-state index in [9.17, 15) is 0 Å². The molecule has 0 heterocycles. The first-order valence-corrected chi connectivity index (χ1v) is 3.46. The predicted molar refractivity (Wildman–Crippen MR) is 45.3 cm³/mol. The van der Waals surface area contributed by atoms with Crippen molar-refractivity contribution in [2.75, 3.05) is 0 Å². The molecule has 0 radical (unpaired) electrons. The molecule has 1 aliphatic carbocycles. The maximum atomic E-state index is 5.78. The van der Waals surface area contributed by atoms with Crippen LogP contribution in [0.5, 0.6) is 0 Å². The quantitative estimate of drug-likeness (QED) is 0.213. The summed E-state index contributed by atoms with van der Waals surface area (Å²) in [6.07, 6.45) is 4.48. The van der Waals surface area contributed by atoms with E-state index in [1.807, 2.05) is 0 Å². The Bertz CT molecular complexity index is 229. The molecule has 8 N–H and O–H groups in total. The lowest BCUT2D eigenvalue weighted by atomic mass is 9.96. The molecule has 0 aromatic heterocycles. The Morgan fingerprint density at radius 3 is 2.18 bits per heavy atom. The van der Waals surface area contributed by atoms with Gasteiger partial charge in [0.05, 0.1) is 0 Å². The van der Waals surface area contributed by atoms with Crippen molar-refractivity contribution in [3.05, 3.63) is 23.9 Å². The Morgan fingerprint density at radius 2 is 1.82 bits per heavy atom. The van der Waals surface area contributed by atoms with Gasteiger partial charge in [0.15, 0.2) is 0 Å². The van der Waals surface area contributed by atoms with Gasteiger partial charge in [0, 0.05) is 5.70 Å². The molecule has 0 fully saturated rings. The van der Waals surface area contributed by atoms with Crippen molar-refractivity contribution in [1.29, 1.82) is 0 Å². The third-order valence-corrected chi connectivity index (χ3v) is 2.03. The summed E-state index contributed by atoms with van der Waals surface area (Å²) in [5, 5.41) is 0. The molecular weight excluding hydrogens is 164 g/mol. The van der Waals surface area contributed by atoms with Gasteiger partial charge in [-0.25, -0.2) is 0 Å². The van der Waals surface area contributed by atoms with E-state index in [2.05, 4.69) is 0 Å². The van der Waals surface area contributed by atoms with Gasteiger partial charge in [0.25, 0.3) is 0 Å². The van der Waals surface area contributed by atoms with Crippen LogP contribution in [0.1, 0.15) is 0 Å². The molecule has 1 unspecified atom stereocenters. The smallest absolute Gasteiger partial charge is 0.147 e. The fraction of sp³-hybridized carbons (Fsp3) is 0.333. The maximum absolute atomic E-state index is 5.78. The molecule has 1 atom stereocenters. The van der Waals surface area contributed by atoms with Crippen LogP contribution in [-0.2, 0) is 0 Å². The lowest BCUT2D eigenvalue weighted by molar-refractivity contribution is 0.442. The minimum absolute atomic E-state index is 0.467. The summed E-state index contributed by atoms with van der Waals surface area (Å²) in [7, 11) is 0. The summed E-state index contributed by atoms with van der Waals surface area (Å²) < 4.78 is 0. The number of alkyl halides is 1. The van der Waals surface area contributed by atoms with Crippen molar-refractivity contribution in [2.24, 2.45) is 22.9 Å². The van der Waals surface area contributed by atoms with Crippen molar-refractivity contribution in [1.82, 2.24) is 0 Å². The van der Waals surface area contributed by atoms with Gasteiger partial charge in [-0.1, -0.05) is 11.6 Å². The minimum Gasteiger partial charge on any atom is -0.399 e. The van der Waals surface area contributed by atoms with Crippen LogP contribution in [0.2, 0.25) is 0 Å². The van der Waals surface area contributed by atoms with Crippen molar-refractivity contribution in [2.45, 2.75) is 10.7 Å². The molecule has 0 aromatic rings. The molecule has 0 spiro atoms. The van der Waals surface area contributed by atoms with Gasteiger partial charge in [-0.2, -0.15) is 0 Å². The van der Waals surface area contributed by atoms with E-state index in [-0.39, 0.29) is 0 Å². The van der Waals surface area contributed by atoms with Gasteiger partial charge in [-0.05, 0) is 18.2 Å². The molecule has 4 nitrogen and oxygen atoms in total. The zero-order valence-corrected chi connectivity index (χ0v) is 6.68. The second-order valence-electron chi connectivity index (χ2n) is 2.68. The minimum atomic E-state index is -1.30. The lowest BCUT2D eigenvalue weighted by Gasteiger charge is -2.36. The molecule has 0 bridgehead atoms. The van der Waals surface area contributed by atoms with E-state index in [0.717, 1.165) is 0 Å². The molecular formula is C6H11ClN4. The van der Waals surface area contributed by atoms with Crippen molar-refractivity contribution in [3.63, 3.8) is 0 Å². The Kier molecular flexibility index (Phi) is 1.72. The van der Waals surface area contributed by atoms with Crippen LogP contribution < -0.4 is 22.9 Å². The second-order valence-corrected chi connectivity index (χ2v) is 3.30. The Morgan fingerprint density at radius 1 is 1.27 bits per heavy atom. The van der Waals surface area contributed by atoms with Gasteiger partial charge in [0.1, 0.15) is 10.7 Å². The van der Waals surface area contributed by atoms with E-state index >= 15 is 0 Å². The third-order valence-electron chi connectivity index (χ3n) is 1.59. The highest BCUT2D eigenvalue weighted by atomic mass is 35.5. The first-order chi connectivity index (χ1) is 4.85. The normalized spacial score (nSPS) is 35.1. The summed E-state index contributed by atoms with van der Waals surface area (Å²) in [5.74, 6) is 0. The highest BCUT2D eigenvalue weighted by Crippen LogP contribution is 2.25. The van der Waals surface area contributed by atoms with Gasteiger partial charge in [-0.15, -0.1) is 0 Å². The van der Waals surface area contributed by atoms with Crippen LogP contribution >= 0.6 is 11.6 Å². The van der Waals surface area contributed by atoms with Crippen LogP contribution in [-0.4, -0.2) is 10.7 Å². The fourth-order valence-electron chi connectivity index (χ4n) is 0.778. The highest BCUT2D eigenvalue weighted by Gasteiger charge is 2.39. The van der Waals surface area contributed by atoms with Crippen LogP contribution in [0.25, 0.3) is 0 Å². The molecule has 0 saturated carbocycles. The number of nitrogens with two attached hydrogens (primary N) is 4. The van der Waals surface area contributed by atoms with Crippen LogP contribution in [0.4, 0.5) is 0 Å². The monoisotopic (exact) mass is 174 g/mol. The number of hydrogen-bond donors (Lipinski definition) is 4. The SMILES string of the molecule is NC1=CC(N)(Cl)C(N)(N)C=C1. The Balaban J connectivity index is 3.04. The molecule has 5 heteroatoms. The van der Waals surface area contributed by atoms with E-state index in [1.54, 1.807) is 6.08 Å². The summed E-state index contributed by atoms with van der Waals surface area (Å²) in [6.45, 7) is 0. The average molecular weight is 175 g/mol. The maximum Gasteiger partial charge on any atom is 0.147 e. The first-order valence-electron chi connectivity index (χ1n) is 3.08. The average Bonchev–Trinajstić information content (AvgIpc) is 1.80. The summed E-state index contributed by atoms with van der Waals surface area (Å²) >= 11 is 5.78. The van der Waals surface area contributed by atoms with E-state index in [1.165, 1.54) is 12.2 Å². The molecule has 1 rings (SSSR count). The highest BCUT2D eigenvalue weighted by molar-refractivity contribution is 6.26. The van der Waals surface area contributed by atoms with E-state index in [0.29, 0.717) is 5.70 Å². The van der Waals surface area contributed by atoms with Gasteiger partial charge < -0.3 is 22.9 Å². The van der Waals surface area contributed by atoms with Gasteiger partial charge >= 0.3 is 0 Å². The number of halogens is 1. The number of hydrogen-bond acceptors (Lipinski definition) is 4. The van der Waals surface area contributed by atoms with Crippen LogP contribution in [0.15, 0.2) is 23.9 Å². The van der Waals surface area contributed by atoms with Gasteiger partial charge in [-0.3, -0.25) is 0 Å². The standard InChI is InChI=1S/C6H11ClN4/c7-5(9)3-4(8)1-2-6(5,10)11/h1-3H,8-11H2. The van der Waals surface area contributed by atoms with Crippen molar-refractivity contribution >= 4 is 11.6 Å². The predicted octanol–water partition coefficient (Wildman–Crippen LogP) is -1.09. The summed E-state index contributed by atoms with van der Waals surface area (Å²) in [4.78, 5) is -1.30. The zero-order chi connectivity index (χ0) is 8.70. The van der Waals surface area contributed by atoms with Crippen LogP contribution in [0, 0.1) is 0 Å². The lowest BCUT2D eigenvalue weighted by Crippen LogP contribution is -2.67. The van der Waals surface area contributed by atoms with Crippen molar-refractivity contribution < 1.29 is 0 Å². The first kappa shape index (κ1) is 8.55. The summed E-state index contributed by atoms with van der Waals surface area (Å²) in [6, 6.07) is 0. The molecule has 0 saturated heterocycles. The Labute approximate surface area is 69.8 Å².